The molecule has 0 radical (unpaired) electrons. The molecule has 1 aliphatic rings. The molecule has 1 aromatic rings. The summed E-state index contributed by atoms with van der Waals surface area (Å²) < 4.78 is 5.47. The average molecular weight is 216 g/mol. The largest absolute Gasteiger partial charge is 0.479 e. The normalized spacial score (nSPS) is 18.0. The van der Waals surface area contributed by atoms with Crippen molar-refractivity contribution in [3.63, 3.8) is 0 Å². The molecule has 1 unspecified atom stereocenters. The summed E-state index contributed by atoms with van der Waals surface area (Å²) in [6.07, 6.45) is 0.731. The summed E-state index contributed by atoms with van der Waals surface area (Å²) in [6.45, 7) is 1.71. The van der Waals surface area contributed by atoms with E-state index in [4.69, 9.17) is 10.00 Å². The van der Waals surface area contributed by atoms with E-state index >= 15 is 0 Å². The van der Waals surface area contributed by atoms with Crippen LogP contribution in [0.1, 0.15) is 18.9 Å². The molecule has 1 heterocycles. The summed E-state index contributed by atoms with van der Waals surface area (Å²) in [5, 5.41) is 11.3. The number of carbonyl (C=O) groups excluding carboxylic acids is 1. The number of fused-ring (bicyclic) bond motifs is 1. The van der Waals surface area contributed by atoms with E-state index in [0.29, 0.717) is 24.3 Å². The van der Waals surface area contributed by atoms with E-state index in [1.54, 1.807) is 6.92 Å². The Bertz CT molecular complexity index is 463. The Morgan fingerprint density at radius 1 is 1.56 bits per heavy atom. The molecule has 0 aliphatic carbocycles. The van der Waals surface area contributed by atoms with Crippen LogP contribution in [0.2, 0.25) is 0 Å². The summed E-state index contributed by atoms with van der Waals surface area (Å²) in [6, 6.07) is 7.69. The molecule has 1 aliphatic heterocycles. The van der Waals surface area contributed by atoms with Gasteiger partial charge in [0.05, 0.1) is 11.8 Å². The molecule has 82 valence electrons. The second-order valence-electron chi connectivity index (χ2n) is 3.74. The van der Waals surface area contributed by atoms with Gasteiger partial charge in [0.2, 0.25) is 0 Å². The first-order valence-electron chi connectivity index (χ1n) is 5.18. The van der Waals surface area contributed by atoms with Gasteiger partial charge >= 0.3 is 0 Å². The molecule has 0 saturated heterocycles. The van der Waals surface area contributed by atoms with Crippen LogP contribution < -0.4 is 10.1 Å². The van der Waals surface area contributed by atoms with Gasteiger partial charge in [-0.1, -0.05) is 6.07 Å². The summed E-state index contributed by atoms with van der Waals surface area (Å²) in [5.41, 5.74) is 1.74. The number of hydrogen-bond donors (Lipinski definition) is 1. The highest BCUT2D eigenvalue weighted by Crippen LogP contribution is 2.30. The maximum absolute atomic E-state index is 11.3. The second kappa shape index (κ2) is 4.23. The van der Waals surface area contributed by atoms with Crippen molar-refractivity contribution in [2.45, 2.75) is 25.9 Å². The fourth-order valence-corrected chi connectivity index (χ4v) is 1.60. The van der Waals surface area contributed by atoms with Crippen molar-refractivity contribution in [2.75, 3.05) is 5.32 Å². The highest BCUT2D eigenvalue weighted by Gasteiger charge is 2.23. The minimum Gasteiger partial charge on any atom is -0.479 e. The molecule has 1 aromatic carbocycles. The third kappa shape index (κ3) is 1.98. The number of amides is 1. The van der Waals surface area contributed by atoms with Crippen LogP contribution in [-0.4, -0.2) is 12.0 Å². The first-order chi connectivity index (χ1) is 7.70. The molecule has 0 saturated carbocycles. The SMILES string of the molecule is CC1Oc2cc(CCC#N)ccc2NC1=O. The molecule has 0 aromatic heterocycles. The van der Waals surface area contributed by atoms with Crippen LogP contribution in [0.5, 0.6) is 5.75 Å². The molecule has 16 heavy (non-hydrogen) atoms. The molecule has 1 amide bonds. The predicted octanol–water partition coefficient (Wildman–Crippen LogP) is 1.86. The fourth-order valence-electron chi connectivity index (χ4n) is 1.60. The Kier molecular flexibility index (Phi) is 2.78. The summed E-state index contributed by atoms with van der Waals surface area (Å²) >= 11 is 0. The Morgan fingerprint density at radius 3 is 3.12 bits per heavy atom. The number of aryl methyl sites for hydroxylation is 1. The summed E-state index contributed by atoms with van der Waals surface area (Å²) in [4.78, 5) is 11.3. The zero-order valence-electron chi connectivity index (χ0n) is 8.99. The lowest BCUT2D eigenvalue weighted by Crippen LogP contribution is -2.34. The van der Waals surface area contributed by atoms with Crippen LogP contribution in [0.25, 0.3) is 0 Å². The minimum absolute atomic E-state index is 0.128. The smallest absolute Gasteiger partial charge is 0.265 e. The van der Waals surface area contributed by atoms with E-state index in [0.717, 1.165) is 5.56 Å². The maximum Gasteiger partial charge on any atom is 0.265 e. The van der Waals surface area contributed by atoms with Crippen molar-refractivity contribution in [3.8, 4) is 11.8 Å². The van der Waals surface area contributed by atoms with Gasteiger partial charge in [0.1, 0.15) is 5.75 Å². The molecule has 4 heteroatoms. The molecule has 0 spiro atoms. The van der Waals surface area contributed by atoms with E-state index in [1.807, 2.05) is 18.2 Å². The molecule has 1 atom stereocenters. The topological polar surface area (TPSA) is 62.1 Å². The van der Waals surface area contributed by atoms with Crippen molar-refractivity contribution in [3.05, 3.63) is 23.8 Å². The molecule has 0 fully saturated rings. The fraction of sp³-hybridized carbons (Fsp3) is 0.333. The Balaban J connectivity index is 2.23. The van der Waals surface area contributed by atoms with Gasteiger partial charge in [0.15, 0.2) is 6.10 Å². The first kappa shape index (κ1) is 10.5. The van der Waals surface area contributed by atoms with Crippen LogP contribution in [0.4, 0.5) is 5.69 Å². The van der Waals surface area contributed by atoms with Gasteiger partial charge in [-0.15, -0.1) is 0 Å². The minimum atomic E-state index is -0.460. The van der Waals surface area contributed by atoms with Crippen LogP contribution in [0.15, 0.2) is 18.2 Å². The van der Waals surface area contributed by atoms with Crippen molar-refractivity contribution < 1.29 is 9.53 Å². The zero-order valence-corrected chi connectivity index (χ0v) is 8.99. The number of nitriles is 1. The number of rotatable bonds is 2. The Labute approximate surface area is 93.8 Å². The van der Waals surface area contributed by atoms with Crippen LogP contribution in [0.3, 0.4) is 0 Å². The van der Waals surface area contributed by atoms with E-state index in [1.165, 1.54) is 0 Å². The van der Waals surface area contributed by atoms with Gasteiger partial charge < -0.3 is 10.1 Å². The van der Waals surface area contributed by atoms with Gasteiger partial charge in [0.25, 0.3) is 5.91 Å². The van der Waals surface area contributed by atoms with E-state index in [2.05, 4.69) is 11.4 Å². The van der Waals surface area contributed by atoms with Crippen LogP contribution in [0, 0.1) is 11.3 Å². The summed E-state index contributed by atoms with van der Waals surface area (Å²) in [5.74, 6) is 0.555. The second-order valence-corrected chi connectivity index (χ2v) is 3.74. The lowest BCUT2D eigenvalue weighted by molar-refractivity contribution is -0.122. The monoisotopic (exact) mass is 216 g/mol. The number of anilines is 1. The molecular weight excluding hydrogens is 204 g/mol. The number of carbonyl (C=O) groups is 1. The third-order valence-corrected chi connectivity index (χ3v) is 2.50. The van der Waals surface area contributed by atoms with Crippen LogP contribution >= 0.6 is 0 Å². The number of ether oxygens (including phenoxy) is 1. The number of nitrogens with one attached hydrogen (secondary N) is 1. The van der Waals surface area contributed by atoms with Gasteiger partial charge in [-0.2, -0.15) is 5.26 Å². The maximum atomic E-state index is 11.3. The van der Waals surface area contributed by atoms with Crippen molar-refractivity contribution >= 4 is 11.6 Å². The lowest BCUT2D eigenvalue weighted by atomic mass is 10.1. The molecular formula is C12H12N2O2. The molecule has 0 bridgehead atoms. The van der Waals surface area contributed by atoms with Gasteiger partial charge in [0, 0.05) is 6.42 Å². The zero-order chi connectivity index (χ0) is 11.5. The van der Waals surface area contributed by atoms with Crippen molar-refractivity contribution in [1.82, 2.24) is 0 Å². The lowest BCUT2D eigenvalue weighted by Gasteiger charge is -2.23. The Hall–Kier alpha value is -2.02. The highest BCUT2D eigenvalue weighted by atomic mass is 16.5. The van der Waals surface area contributed by atoms with Gasteiger partial charge in [-0.25, -0.2) is 0 Å². The standard InChI is InChI=1S/C12H12N2O2/c1-8-12(15)14-10-5-4-9(3-2-6-13)7-11(10)16-8/h4-5,7-8H,2-3H2,1H3,(H,14,15). The first-order valence-corrected chi connectivity index (χ1v) is 5.18. The van der Waals surface area contributed by atoms with E-state index in [9.17, 15) is 4.79 Å². The van der Waals surface area contributed by atoms with E-state index < -0.39 is 6.10 Å². The third-order valence-electron chi connectivity index (χ3n) is 2.50. The van der Waals surface area contributed by atoms with Gasteiger partial charge in [-0.3, -0.25) is 4.79 Å². The predicted molar refractivity (Wildman–Crippen MR) is 59.1 cm³/mol. The van der Waals surface area contributed by atoms with Crippen molar-refractivity contribution in [2.24, 2.45) is 0 Å². The Morgan fingerprint density at radius 2 is 2.38 bits per heavy atom. The quantitative estimate of drug-likeness (QED) is 0.820. The van der Waals surface area contributed by atoms with Crippen LogP contribution in [-0.2, 0) is 11.2 Å². The molecule has 1 N–H and O–H groups in total. The van der Waals surface area contributed by atoms with Gasteiger partial charge in [-0.05, 0) is 31.0 Å². The highest BCUT2D eigenvalue weighted by molar-refractivity contribution is 5.97. The van der Waals surface area contributed by atoms with Crippen molar-refractivity contribution in [1.29, 1.82) is 5.26 Å². The summed E-state index contributed by atoms with van der Waals surface area (Å²) in [7, 11) is 0. The number of nitrogens with zero attached hydrogens (tertiary/aromatic N) is 1. The number of benzene rings is 1. The van der Waals surface area contributed by atoms with E-state index in [-0.39, 0.29) is 5.91 Å². The average Bonchev–Trinajstić information content (AvgIpc) is 2.28. The number of hydrogen-bond acceptors (Lipinski definition) is 3. The molecule has 2 rings (SSSR count). The molecule has 4 nitrogen and oxygen atoms in total.